The number of aliphatic imine (C=N–C) groups is 1. The van der Waals surface area contributed by atoms with Gasteiger partial charge in [0.2, 0.25) is 11.8 Å². The molecule has 2 aliphatic rings. The molecular weight excluding hydrogens is 338 g/mol. The van der Waals surface area contributed by atoms with Crippen molar-refractivity contribution in [3.63, 3.8) is 0 Å². The van der Waals surface area contributed by atoms with E-state index in [1.54, 1.807) is 13.1 Å². The third kappa shape index (κ3) is 4.40. The lowest BCUT2D eigenvalue weighted by Gasteiger charge is -2.30. The highest BCUT2D eigenvalue weighted by Crippen LogP contribution is 2.37. The number of hydrogen-bond donors (Lipinski definition) is 3. The summed E-state index contributed by atoms with van der Waals surface area (Å²) >= 11 is 0. The molecule has 0 saturated heterocycles. The minimum absolute atomic E-state index is 0.106. The molecule has 0 radical (unpaired) electrons. The van der Waals surface area contributed by atoms with Gasteiger partial charge in [-0.05, 0) is 32.6 Å². The molecule has 1 unspecified atom stereocenters. The van der Waals surface area contributed by atoms with Gasteiger partial charge in [0, 0.05) is 13.3 Å². The number of aliphatic hydroxyl groups excluding tert-OH is 1. The van der Waals surface area contributed by atoms with Crippen LogP contribution in [0, 0.1) is 0 Å². The highest BCUT2D eigenvalue weighted by atomic mass is 16.7. The molecule has 3 rings (SSSR count). The minimum Gasteiger partial charge on any atom is -0.473 e. The topological polar surface area (TPSA) is 124 Å². The maximum Gasteiger partial charge on any atom is 0.244 e. The smallest absolute Gasteiger partial charge is 0.244 e. The summed E-state index contributed by atoms with van der Waals surface area (Å²) in [6.45, 7) is 1.88. The van der Waals surface area contributed by atoms with E-state index in [2.05, 4.69) is 20.3 Å². The first-order valence-electron chi connectivity index (χ1n) is 9.02. The number of hydrogen-bond acceptors (Lipinski definition) is 9. The van der Waals surface area contributed by atoms with Gasteiger partial charge in [-0.1, -0.05) is 6.42 Å². The van der Waals surface area contributed by atoms with Gasteiger partial charge < -0.3 is 30.4 Å². The van der Waals surface area contributed by atoms with Crippen LogP contribution >= 0.6 is 0 Å². The number of nitrogens with one attached hydrogen (secondary N) is 1. The molecule has 0 bridgehead atoms. The van der Waals surface area contributed by atoms with Crippen molar-refractivity contribution >= 4 is 23.7 Å². The fraction of sp³-hybridized carbons (Fsp3) is 0.706. The van der Waals surface area contributed by atoms with E-state index in [-0.39, 0.29) is 18.8 Å². The van der Waals surface area contributed by atoms with E-state index in [1.807, 2.05) is 0 Å². The fourth-order valence-electron chi connectivity index (χ4n) is 3.19. The Hall–Kier alpha value is -1.97. The number of rotatable bonds is 7. The van der Waals surface area contributed by atoms with Crippen molar-refractivity contribution in [1.29, 1.82) is 0 Å². The maximum absolute atomic E-state index is 10.5. The average Bonchev–Trinajstić information content (AvgIpc) is 2.66. The van der Waals surface area contributed by atoms with E-state index >= 15 is 0 Å². The summed E-state index contributed by atoms with van der Waals surface area (Å²) < 4.78 is 16.4. The van der Waals surface area contributed by atoms with Gasteiger partial charge in [-0.15, -0.1) is 0 Å². The zero-order valence-corrected chi connectivity index (χ0v) is 15.2. The van der Waals surface area contributed by atoms with Crippen molar-refractivity contribution in [2.24, 2.45) is 4.99 Å². The van der Waals surface area contributed by atoms with Crippen LogP contribution in [-0.4, -0.2) is 59.5 Å². The summed E-state index contributed by atoms with van der Waals surface area (Å²) in [6.07, 6.45) is 5.95. The van der Waals surface area contributed by atoms with E-state index in [4.69, 9.17) is 19.9 Å². The maximum atomic E-state index is 10.5. The highest BCUT2D eigenvalue weighted by molar-refractivity contribution is 5.84. The molecule has 2 heterocycles. The van der Waals surface area contributed by atoms with Crippen molar-refractivity contribution in [3.8, 4) is 5.88 Å². The largest absolute Gasteiger partial charge is 0.473 e. The molecule has 1 saturated carbocycles. The van der Waals surface area contributed by atoms with Crippen LogP contribution in [0.5, 0.6) is 5.88 Å². The van der Waals surface area contributed by atoms with Gasteiger partial charge in [-0.2, -0.15) is 9.97 Å². The molecule has 144 valence electrons. The van der Waals surface area contributed by atoms with E-state index in [9.17, 15) is 5.11 Å². The summed E-state index contributed by atoms with van der Waals surface area (Å²) in [7, 11) is 1.53. The Morgan fingerprint density at radius 2 is 2.08 bits per heavy atom. The number of nitrogens with zero attached hydrogens (tertiary/aromatic N) is 3. The third-order valence-corrected chi connectivity index (χ3v) is 4.67. The quantitative estimate of drug-likeness (QED) is 0.623. The van der Waals surface area contributed by atoms with Crippen molar-refractivity contribution in [3.05, 3.63) is 0 Å². The fourth-order valence-corrected chi connectivity index (χ4v) is 3.19. The second-order valence-electron chi connectivity index (χ2n) is 6.68. The van der Waals surface area contributed by atoms with Crippen molar-refractivity contribution in [2.75, 3.05) is 25.0 Å². The number of anilines is 2. The number of ether oxygens (including phenoxy) is 3. The van der Waals surface area contributed by atoms with Gasteiger partial charge in [0.25, 0.3) is 0 Å². The standard InChI is InChI=1S/C17H27N5O4/c1-10(25-9-24-2)14(23)12-8-19-15-13(20-12)16(22-17(18)21-15)26-11-6-4-3-5-7-11/h8,10-12,14,20,23H,3-7,9H2,1-2H3,(H2,18,21,22)/t10-,12?,14-/m0/s1. The second-order valence-corrected chi connectivity index (χ2v) is 6.68. The van der Waals surface area contributed by atoms with E-state index < -0.39 is 18.2 Å². The van der Waals surface area contributed by atoms with Crippen LogP contribution in [0.25, 0.3) is 0 Å². The number of aliphatic hydroxyl groups is 1. The Bertz CT molecular complexity index is 636. The lowest BCUT2D eigenvalue weighted by molar-refractivity contribution is -0.104. The minimum atomic E-state index is -0.831. The van der Waals surface area contributed by atoms with E-state index in [0.29, 0.717) is 17.4 Å². The first-order chi connectivity index (χ1) is 12.6. The summed E-state index contributed by atoms with van der Waals surface area (Å²) in [4.78, 5) is 12.7. The van der Waals surface area contributed by atoms with Crippen LogP contribution in [0.3, 0.4) is 0 Å². The third-order valence-electron chi connectivity index (χ3n) is 4.67. The number of fused-ring (bicyclic) bond motifs is 1. The van der Waals surface area contributed by atoms with E-state index in [0.717, 1.165) is 25.7 Å². The Balaban J connectivity index is 1.75. The van der Waals surface area contributed by atoms with Crippen LogP contribution in [0.15, 0.2) is 4.99 Å². The summed E-state index contributed by atoms with van der Waals surface area (Å²) in [5, 5.41) is 13.7. The van der Waals surface area contributed by atoms with Crippen LogP contribution in [0.1, 0.15) is 39.0 Å². The second kappa shape index (κ2) is 8.61. The van der Waals surface area contributed by atoms with Crippen molar-refractivity contribution in [2.45, 2.75) is 63.4 Å². The zero-order chi connectivity index (χ0) is 18.5. The first-order valence-corrected chi connectivity index (χ1v) is 9.02. The molecule has 0 aromatic carbocycles. The van der Waals surface area contributed by atoms with Gasteiger partial charge in [-0.25, -0.2) is 4.99 Å². The van der Waals surface area contributed by atoms with Crippen LogP contribution in [-0.2, 0) is 9.47 Å². The molecule has 4 N–H and O–H groups in total. The molecule has 1 aromatic heterocycles. The van der Waals surface area contributed by atoms with Gasteiger partial charge in [-0.3, -0.25) is 0 Å². The molecule has 1 fully saturated rings. The Kier molecular flexibility index (Phi) is 6.23. The van der Waals surface area contributed by atoms with Crippen molar-refractivity contribution in [1.82, 2.24) is 9.97 Å². The molecule has 1 aromatic rings. The molecular formula is C17H27N5O4. The van der Waals surface area contributed by atoms with E-state index in [1.165, 1.54) is 13.5 Å². The molecule has 9 heteroatoms. The predicted octanol–water partition coefficient (Wildman–Crippen LogP) is 1.64. The number of methoxy groups -OCH3 is 1. The molecule has 1 aliphatic heterocycles. The monoisotopic (exact) mass is 365 g/mol. The van der Waals surface area contributed by atoms with Gasteiger partial charge in [0.1, 0.15) is 24.7 Å². The number of nitrogen functional groups attached to an aromatic ring is 1. The SMILES string of the molecule is COCO[C@@H](C)[C@H](O)C1C=Nc2nc(N)nc(OC3CCCCC3)c2N1. The molecule has 0 spiro atoms. The number of aromatic nitrogens is 2. The first kappa shape index (κ1) is 18.8. The zero-order valence-electron chi connectivity index (χ0n) is 15.2. The normalized spacial score (nSPS) is 22.3. The van der Waals surface area contributed by atoms with Crippen LogP contribution in [0.2, 0.25) is 0 Å². The molecule has 9 nitrogen and oxygen atoms in total. The van der Waals surface area contributed by atoms with Gasteiger partial charge >= 0.3 is 0 Å². The lowest BCUT2D eigenvalue weighted by Crippen LogP contribution is -2.44. The molecule has 1 aliphatic carbocycles. The van der Waals surface area contributed by atoms with Crippen molar-refractivity contribution < 1.29 is 19.3 Å². The molecule has 3 atom stereocenters. The van der Waals surface area contributed by atoms with Crippen LogP contribution in [0.4, 0.5) is 17.5 Å². The predicted molar refractivity (Wildman–Crippen MR) is 97.9 cm³/mol. The van der Waals surface area contributed by atoms with Crippen LogP contribution < -0.4 is 15.8 Å². The average molecular weight is 365 g/mol. The molecule has 26 heavy (non-hydrogen) atoms. The summed E-state index contributed by atoms with van der Waals surface area (Å²) in [6, 6.07) is -0.463. The summed E-state index contributed by atoms with van der Waals surface area (Å²) in [5.74, 6) is 0.917. The lowest BCUT2D eigenvalue weighted by atomic mass is 9.98. The Labute approximate surface area is 153 Å². The highest BCUT2D eigenvalue weighted by Gasteiger charge is 2.30. The van der Waals surface area contributed by atoms with Gasteiger partial charge in [0.05, 0.1) is 12.1 Å². The molecule has 0 amide bonds. The summed E-state index contributed by atoms with van der Waals surface area (Å²) in [5.41, 5.74) is 6.35. The Morgan fingerprint density at radius 1 is 1.31 bits per heavy atom. The van der Waals surface area contributed by atoms with Gasteiger partial charge in [0.15, 0.2) is 5.82 Å². The Morgan fingerprint density at radius 3 is 2.81 bits per heavy atom. The number of nitrogens with two attached hydrogens (primary N) is 1.